The van der Waals surface area contributed by atoms with Crippen molar-refractivity contribution in [3.63, 3.8) is 0 Å². The first-order valence-corrected chi connectivity index (χ1v) is 5.72. The Kier molecular flexibility index (Phi) is 3.72. The third-order valence-corrected chi connectivity index (χ3v) is 2.86. The minimum Gasteiger partial charge on any atom is -0.338 e. The van der Waals surface area contributed by atoms with Gasteiger partial charge >= 0.3 is 0 Å². The predicted octanol–water partition coefficient (Wildman–Crippen LogP) is 1.81. The second-order valence-corrected chi connectivity index (χ2v) is 4.36. The molecule has 0 saturated heterocycles. The summed E-state index contributed by atoms with van der Waals surface area (Å²) in [7, 11) is 1.88. The fourth-order valence-corrected chi connectivity index (χ4v) is 1.87. The minimum atomic E-state index is -0.575. The van der Waals surface area contributed by atoms with Crippen molar-refractivity contribution >= 4 is 0 Å². The van der Waals surface area contributed by atoms with Crippen LogP contribution in [0.3, 0.4) is 0 Å². The molecule has 1 aromatic carbocycles. The SMILES string of the molecule is Cn1ccnc1CC(N)Cc1ccc(F)cc1F. The molecule has 0 spiro atoms. The molecule has 1 unspecified atom stereocenters. The molecule has 5 heteroatoms. The van der Waals surface area contributed by atoms with Gasteiger partial charge in [-0.15, -0.1) is 0 Å². The molecule has 0 saturated carbocycles. The average molecular weight is 251 g/mol. The van der Waals surface area contributed by atoms with Gasteiger partial charge in [0.2, 0.25) is 0 Å². The lowest BCUT2D eigenvalue weighted by Crippen LogP contribution is -2.27. The molecular weight excluding hydrogens is 236 g/mol. The van der Waals surface area contributed by atoms with Crippen LogP contribution in [0.1, 0.15) is 11.4 Å². The van der Waals surface area contributed by atoms with Crippen LogP contribution in [0.5, 0.6) is 0 Å². The molecule has 0 amide bonds. The third kappa shape index (κ3) is 2.92. The molecule has 0 bridgehead atoms. The van der Waals surface area contributed by atoms with E-state index in [-0.39, 0.29) is 6.04 Å². The Morgan fingerprint density at radius 3 is 2.72 bits per heavy atom. The molecular formula is C13H15F2N3. The summed E-state index contributed by atoms with van der Waals surface area (Å²) >= 11 is 0. The van der Waals surface area contributed by atoms with Gasteiger partial charge in [-0.3, -0.25) is 0 Å². The molecule has 0 aliphatic carbocycles. The second kappa shape index (κ2) is 5.27. The number of hydrogen-bond donors (Lipinski definition) is 1. The number of nitrogens with zero attached hydrogens (tertiary/aromatic N) is 2. The van der Waals surface area contributed by atoms with Crippen molar-refractivity contribution < 1.29 is 8.78 Å². The molecule has 2 rings (SSSR count). The highest BCUT2D eigenvalue weighted by Gasteiger charge is 2.12. The van der Waals surface area contributed by atoms with Crippen LogP contribution in [-0.2, 0) is 19.9 Å². The predicted molar refractivity (Wildman–Crippen MR) is 64.9 cm³/mol. The Bertz CT molecular complexity index is 537. The van der Waals surface area contributed by atoms with E-state index >= 15 is 0 Å². The van der Waals surface area contributed by atoms with Gasteiger partial charge in [0.25, 0.3) is 0 Å². The summed E-state index contributed by atoms with van der Waals surface area (Å²) in [6.07, 6.45) is 4.44. The average Bonchev–Trinajstić information content (AvgIpc) is 2.69. The first-order chi connectivity index (χ1) is 8.56. The largest absolute Gasteiger partial charge is 0.338 e. The molecule has 18 heavy (non-hydrogen) atoms. The van der Waals surface area contributed by atoms with Crippen molar-refractivity contribution in [3.05, 3.63) is 53.6 Å². The zero-order valence-corrected chi connectivity index (χ0v) is 10.1. The van der Waals surface area contributed by atoms with Gasteiger partial charge in [-0.2, -0.15) is 0 Å². The van der Waals surface area contributed by atoms with Crippen LogP contribution in [0.25, 0.3) is 0 Å². The molecule has 0 radical (unpaired) electrons. The van der Waals surface area contributed by atoms with E-state index in [4.69, 9.17) is 5.73 Å². The van der Waals surface area contributed by atoms with Crippen molar-refractivity contribution in [1.82, 2.24) is 9.55 Å². The Morgan fingerprint density at radius 2 is 2.11 bits per heavy atom. The van der Waals surface area contributed by atoms with Gasteiger partial charge in [-0.05, 0) is 18.1 Å². The van der Waals surface area contributed by atoms with Gasteiger partial charge < -0.3 is 10.3 Å². The summed E-state index contributed by atoms with van der Waals surface area (Å²) in [6.45, 7) is 0. The van der Waals surface area contributed by atoms with E-state index in [2.05, 4.69) is 4.98 Å². The molecule has 0 aliphatic heterocycles. The lowest BCUT2D eigenvalue weighted by molar-refractivity contribution is 0.553. The normalized spacial score (nSPS) is 12.7. The van der Waals surface area contributed by atoms with Crippen LogP contribution in [-0.4, -0.2) is 15.6 Å². The van der Waals surface area contributed by atoms with E-state index in [1.807, 2.05) is 17.8 Å². The van der Waals surface area contributed by atoms with Gasteiger partial charge in [-0.25, -0.2) is 13.8 Å². The highest BCUT2D eigenvalue weighted by molar-refractivity contribution is 5.19. The summed E-state index contributed by atoms with van der Waals surface area (Å²) in [6, 6.07) is 3.31. The smallest absolute Gasteiger partial charge is 0.129 e. The second-order valence-electron chi connectivity index (χ2n) is 4.36. The van der Waals surface area contributed by atoms with Gasteiger partial charge in [-0.1, -0.05) is 6.07 Å². The van der Waals surface area contributed by atoms with Crippen LogP contribution in [0, 0.1) is 11.6 Å². The maximum absolute atomic E-state index is 13.5. The number of hydrogen-bond acceptors (Lipinski definition) is 2. The molecule has 2 N–H and O–H groups in total. The molecule has 0 fully saturated rings. The standard InChI is InChI=1S/C13H15F2N3/c1-18-5-4-17-13(18)8-11(16)6-9-2-3-10(14)7-12(9)15/h2-5,7,11H,6,8,16H2,1H3. The quantitative estimate of drug-likeness (QED) is 0.900. The Balaban J connectivity index is 2.03. The number of benzene rings is 1. The Morgan fingerprint density at radius 1 is 1.33 bits per heavy atom. The van der Waals surface area contributed by atoms with Crippen molar-refractivity contribution in [2.24, 2.45) is 12.8 Å². The van der Waals surface area contributed by atoms with E-state index < -0.39 is 11.6 Å². The molecule has 0 aliphatic rings. The minimum absolute atomic E-state index is 0.244. The molecule has 3 nitrogen and oxygen atoms in total. The zero-order valence-electron chi connectivity index (χ0n) is 10.1. The number of aryl methyl sites for hydroxylation is 1. The summed E-state index contributed by atoms with van der Waals surface area (Å²) in [5.74, 6) is -0.274. The van der Waals surface area contributed by atoms with E-state index in [0.29, 0.717) is 18.4 Å². The Hall–Kier alpha value is -1.75. The molecule has 2 aromatic rings. The number of imidazole rings is 1. The zero-order chi connectivity index (χ0) is 13.1. The first-order valence-electron chi connectivity index (χ1n) is 5.72. The number of aromatic nitrogens is 2. The van der Waals surface area contributed by atoms with E-state index in [0.717, 1.165) is 11.9 Å². The van der Waals surface area contributed by atoms with Gasteiger partial charge in [0, 0.05) is 38.0 Å². The lowest BCUT2D eigenvalue weighted by atomic mass is 10.0. The molecule has 1 aromatic heterocycles. The first kappa shape index (κ1) is 12.7. The topological polar surface area (TPSA) is 43.8 Å². The van der Waals surface area contributed by atoms with Crippen molar-refractivity contribution in [3.8, 4) is 0 Å². The van der Waals surface area contributed by atoms with Crippen LogP contribution < -0.4 is 5.73 Å². The fraction of sp³-hybridized carbons (Fsp3) is 0.308. The highest BCUT2D eigenvalue weighted by atomic mass is 19.1. The molecule has 1 atom stereocenters. The van der Waals surface area contributed by atoms with Crippen LogP contribution in [0.2, 0.25) is 0 Å². The van der Waals surface area contributed by atoms with Gasteiger partial charge in [0.1, 0.15) is 17.5 Å². The number of rotatable bonds is 4. The number of halogens is 2. The summed E-state index contributed by atoms with van der Waals surface area (Å²) in [5.41, 5.74) is 6.39. The molecule has 96 valence electrons. The van der Waals surface area contributed by atoms with E-state index in [1.165, 1.54) is 12.1 Å². The maximum Gasteiger partial charge on any atom is 0.129 e. The monoisotopic (exact) mass is 251 g/mol. The number of nitrogens with two attached hydrogens (primary N) is 1. The third-order valence-electron chi connectivity index (χ3n) is 2.86. The van der Waals surface area contributed by atoms with Crippen LogP contribution >= 0.6 is 0 Å². The van der Waals surface area contributed by atoms with Crippen LogP contribution in [0.4, 0.5) is 8.78 Å². The van der Waals surface area contributed by atoms with Crippen molar-refractivity contribution in [2.75, 3.05) is 0 Å². The van der Waals surface area contributed by atoms with Crippen LogP contribution in [0.15, 0.2) is 30.6 Å². The van der Waals surface area contributed by atoms with E-state index in [9.17, 15) is 8.78 Å². The van der Waals surface area contributed by atoms with Crippen molar-refractivity contribution in [1.29, 1.82) is 0 Å². The van der Waals surface area contributed by atoms with E-state index in [1.54, 1.807) is 6.20 Å². The summed E-state index contributed by atoms with van der Waals surface area (Å²) in [4.78, 5) is 4.16. The maximum atomic E-state index is 13.5. The fourth-order valence-electron chi connectivity index (χ4n) is 1.87. The van der Waals surface area contributed by atoms with Gasteiger partial charge in [0.05, 0.1) is 0 Å². The lowest BCUT2D eigenvalue weighted by Gasteiger charge is -2.12. The summed E-state index contributed by atoms with van der Waals surface area (Å²) in [5, 5.41) is 0. The summed E-state index contributed by atoms with van der Waals surface area (Å²) < 4.78 is 28.1. The Labute approximate surface area is 104 Å². The van der Waals surface area contributed by atoms with Crippen molar-refractivity contribution in [2.45, 2.75) is 18.9 Å². The van der Waals surface area contributed by atoms with Gasteiger partial charge in [0.15, 0.2) is 0 Å². The molecule has 1 heterocycles. The highest BCUT2D eigenvalue weighted by Crippen LogP contribution is 2.12.